The number of rotatable bonds is 4. The van der Waals surface area contributed by atoms with Crippen LogP contribution in [0.2, 0.25) is 0 Å². The van der Waals surface area contributed by atoms with Crippen LogP contribution in [0.3, 0.4) is 0 Å². The van der Waals surface area contributed by atoms with E-state index in [9.17, 15) is 13.2 Å². The molecule has 1 aliphatic rings. The van der Waals surface area contributed by atoms with Crippen molar-refractivity contribution in [3.8, 4) is 0 Å². The smallest absolute Gasteiger partial charge is 0.301 e. The lowest BCUT2D eigenvalue weighted by Crippen LogP contribution is -2.36. The van der Waals surface area contributed by atoms with Gasteiger partial charge < -0.3 is 4.90 Å². The van der Waals surface area contributed by atoms with Crippen LogP contribution in [0, 0.1) is 0 Å². The minimum Gasteiger partial charge on any atom is -0.301 e. The van der Waals surface area contributed by atoms with Crippen molar-refractivity contribution in [2.45, 2.75) is 31.5 Å². The van der Waals surface area contributed by atoms with Gasteiger partial charge in [-0.1, -0.05) is 0 Å². The Balaban J connectivity index is 1.59. The van der Waals surface area contributed by atoms with Gasteiger partial charge in [0.25, 0.3) is 0 Å². The molecule has 0 aromatic carbocycles. The van der Waals surface area contributed by atoms with Crippen LogP contribution in [-0.2, 0) is 12.7 Å². The molecule has 3 heterocycles. The van der Waals surface area contributed by atoms with Gasteiger partial charge in [-0.2, -0.15) is 23.4 Å². The van der Waals surface area contributed by atoms with Crippen molar-refractivity contribution < 1.29 is 13.2 Å². The van der Waals surface area contributed by atoms with Crippen LogP contribution in [0.4, 0.5) is 13.2 Å². The molecular formula is C13H17F3N6. The fourth-order valence-electron chi connectivity index (χ4n) is 2.80. The summed E-state index contributed by atoms with van der Waals surface area (Å²) in [6, 6.07) is 1.13. The zero-order chi connectivity index (χ0) is 15.6. The summed E-state index contributed by atoms with van der Waals surface area (Å²) in [5.41, 5.74) is -0.278. The molecule has 22 heavy (non-hydrogen) atoms. The highest BCUT2D eigenvalue weighted by atomic mass is 19.4. The van der Waals surface area contributed by atoms with Gasteiger partial charge in [-0.25, -0.2) is 4.98 Å². The number of nitrogens with one attached hydrogen (secondary N) is 1. The average molecular weight is 314 g/mol. The van der Waals surface area contributed by atoms with Crippen molar-refractivity contribution in [2.75, 3.05) is 19.6 Å². The lowest BCUT2D eigenvalue weighted by Gasteiger charge is -2.32. The Morgan fingerprint density at radius 3 is 2.86 bits per heavy atom. The van der Waals surface area contributed by atoms with E-state index in [0.29, 0.717) is 5.69 Å². The number of H-pyrrole nitrogens is 1. The summed E-state index contributed by atoms with van der Waals surface area (Å²) in [6.45, 7) is 3.21. The number of aromatic amines is 1. The lowest BCUT2D eigenvalue weighted by molar-refractivity contribution is -0.141. The molecule has 0 amide bonds. The number of piperidine rings is 1. The van der Waals surface area contributed by atoms with E-state index in [1.807, 2.05) is 0 Å². The normalized spacial score (nSPS) is 20.4. The van der Waals surface area contributed by atoms with Crippen LogP contribution in [0.25, 0.3) is 0 Å². The van der Waals surface area contributed by atoms with Gasteiger partial charge in [0.15, 0.2) is 5.69 Å². The summed E-state index contributed by atoms with van der Waals surface area (Å²) in [4.78, 5) is 6.13. The van der Waals surface area contributed by atoms with Crippen LogP contribution < -0.4 is 0 Å². The minimum atomic E-state index is -4.39. The third-order valence-corrected chi connectivity index (χ3v) is 3.95. The summed E-state index contributed by atoms with van der Waals surface area (Å²) in [6.07, 6.45) is 0.589. The molecule has 1 saturated heterocycles. The van der Waals surface area contributed by atoms with E-state index < -0.39 is 11.9 Å². The molecule has 2 aromatic heterocycles. The predicted octanol–water partition coefficient (Wildman–Crippen LogP) is 1.90. The molecule has 9 heteroatoms. The second kappa shape index (κ2) is 6.07. The van der Waals surface area contributed by atoms with Gasteiger partial charge in [-0.3, -0.25) is 9.78 Å². The first-order valence-electron chi connectivity index (χ1n) is 7.19. The van der Waals surface area contributed by atoms with Gasteiger partial charge in [-0.05, 0) is 25.5 Å². The molecule has 1 atom stereocenters. The number of likely N-dealkylation sites (tertiary alicyclic amines) is 1. The SMILES string of the molecule is FC(F)(F)c1cc([C@H]2CCCN(CCn3cncn3)C2)[nH]n1. The molecule has 1 N–H and O–H groups in total. The summed E-state index contributed by atoms with van der Waals surface area (Å²) < 4.78 is 39.6. The number of nitrogens with zero attached hydrogens (tertiary/aromatic N) is 5. The van der Waals surface area contributed by atoms with Crippen molar-refractivity contribution >= 4 is 0 Å². The summed E-state index contributed by atoms with van der Waals surface area (Å²) in [5.74, 6) is 0.0631. The van der Waals surface area contributed by atoms with Gasteiger partial charge in [0.1, 0.15) is 12.7 Å². The highest BCUT2D eigenvalue weighted by Crippen LogP contribution is 2.31. The van der Waals surface area contributed by atoms with Gasteiger partial charge >= 0.3 is 6.18 Å². The summed E-state index contributed by atoms with van der Waals surface area (Å²) >= 11 is 0. The summed E-state index contributed by atoms with van der Waals surface area (Å²) in [7, 11) is 0. The maximum absolute atomic E-state index is 12.6. The molecule has 0 radical (unpaired) electrons. The monoisotopic (exact) mass is 314 g/mol. The zero-order valence-corrected chi connectivity index (χ0v) is 11.9. The maximum Gasteiger partial charge on any atom is 0.435 e. The van der Waals surface area contributed by atoms with Gasteiger partial charge in [-0.15, -0.1) is 0 Å². The van der Waals surface area contributed by atoms with Gasteiger partial charge in [0, 0.05) is 24.7 Å². The first-order chi connectivity index (χ1) is 10.5. The summed E-state index contributed by atoms with van der Waals surface area (Å²) in [5, 5.41) is 9.98. The van der Waals surface area contributed by atoms with Gasteiger partial charge in [0.05, 0.1) is 6.54 Å². The predicted molar refractivity (Wildman–Crippen MR) is 72.0 cm³/mol. The van der Waals surface area contributed by atoms with Crippen molar-refractivity contribution in [3.63, 3.8) is 0 Å². The van der Waals surface area contributed by atoms with Crippen LogP contribution in [-0.4, -0.2) is 49.5 Å². The highest BCUT2D eigenvalue weighted by Gasteiger charge is 2.35. The van der Waals surface area contributed by atoms with E-state index in [2.05, 4.69) is 25.2 Å². The molecule has 6 nitrogen and oxygen atoms in total. The first kappa shape index (κ1) is 15.0. The third-order valence-electron chi connectivity index (χ3n) is 3.95. The second-order valence-corrected chi connectivity index (χ2v) is 5.50. The topological polar surface area (TPSA) is 62.6 Å². The van der Waals surface area contributed by atoms with E-state index in [0.717, 1.165) is 45.1 Å². The molecular weight excluding hydrogens is 297 g/mol. The number of hydrogen-bond acceptors (Lipinski definition) is 4. The molecule has 0 unspecified atom stereocenters. The Kier molecular flexibility index (Phi) is 4.14. The molecule has 1 aliphatic heterocycles. The molecule has 0 spiro atoms. The minimum absolute atomic E-state index is 0.0631. The molecule has 2 aromatic rings. The first-order valence-corrected chi connectivity index (χ1v) is 7.19. The number of hydrogen-bond donors (Lipinski definition) is 1. The number of halogens is 3. The number of aromatic nitrogens is 5. The molecule has 0 saturated carbocycles. The van der Waals surface area contributed by atoms with Crippen molar-refractivity contribution in [2.24, 2.45) is 0 Å². The Labute approximate surface area is 125 Å². The highest BCUT2D eigenvalue weighted by molar-refractivity contribution is 5.16. The maximum atomic E-state index is 12.6. The number of alkyl halides is 3. The van der Waals surface area contributed by atoms with Crippen LogP contribution in [0.15, 0.2) is 18.7 Å². The average Bonchev–Trinajstić information content (AvgIpc) is 3.16. The van der Waals surface area contributed by atoms with Crippen LogP contribution >= 0.6 is 0 Å². The largest absolute Gasteiger partial charge is 0.435 e. The van der Waals surface area contributed by atoms with Crippen molar-refractivity contribution in [3.05, 3.63) is 30.1 Å². The van der Waals surface area contributed by atoms with Crippen molar-refractivity contribution in [1.29, 1.82) is 0 Å². The van der Waals surface area contributed by atoms with E-state index >= 15 is 0 Å². The third kappa shape index (κ3) is 3.46. The Morgan fingerprint density at radius 2 is 2.18 bits per heavy atom. The lowest BCUT2D eigenvalue weighted by atomic mass is 9.94. The van der Waals surface area contributed by atoms with E-state index in [-0.39, 0.29) is 5.92 Å². The Hall–Kier alpha value is -1.90. The molecule has 3 rings (SSSR count). The Bertz CT molecular complexity index is 591. The quantitative estimate of drug-likeness (QED) is 0.936. The molecule has 0 bridgehead atoms. The standard InChI is InChI=1S/C13H17F3N6/c14-13(15,16)12-6-11(19-20-12)10-2-1-3-21(7-10)4-5-22-9-17-8-18-22/h6,8-10H,1-5,7H2,(H,19,20)/t10-/m0/s1. The van der Waals surface area contributed by atoms with E-state index in [1.54, 1.807) is 11.0 Å². The van der Waals surface area contributed by atoms with E-state index in [1.165, 1.54) is 6.33 Å². The van der Waals surface area contributed by atoms with E-state index in [4.69, 9.17) is 0 Å². The van der Waals surface area contributed by atoms with Crippen LogP contribution in [0.5, 0.6) is 0 Å². The van der Waals surface area contributed by atoms with Crippen LogP contribution in [0.1, 0.15) is 30.1 Å². The molecule has 120 valence electrons. The zero-order valence-electron chi connectivity index (χ0n) is 11.9. The fourth-order valence-corrected chi connectivity index (χ4v) is 2.80. The van der Waals surface area contributed by atoms with Gasteiger partial charge in [0.2, 0.25) is 0 Å². The Morgan fingerprint density at radius 1 is 1.32 bits per heavy atom. The molecule has 0 aliphatic carbocycles. The molecule has 1 fully saturated rings. The van der Waals surface area contributed by atoms with Crippen molar-refractivity contribution in [1.82, 2.24) is 29.9 Å². The fraction of sp³-hybridized carbons (Fsp3) is 0.615. The second-order valence-electron chi connectivity index (χ2n) is 5.50.